The fourth-order valence-corrected chi connectivity index (χ4v) is 6.75. The summed E-state index contributed by atoms with van der Waals surface area (Å²) in [6.45, 7) is 3.91. The van der Waals surface area contributed by atoms with Crippen LogP contribution in [0.15, 0.2) is 53.3 Å². The number of hydrogen-bond donors (Lipinski definition) is 6. The summed E-state index contributed by atoms with van der Waals surface area (Å²) < 4.78 is 43.9. The Bertz CT molecular complexity index is 1610. The van der Waals surface area contributed by atoms with Gasteiger partial charge in [-0.15, -0.1) is 0 Å². The Morgan fingerprint density at radius 3 is 2.35 bits per heavy atom. The smallest absolute Gasteiger partial charge is 0.417 e. The molecule has 12 heteroatoms. The number of ketones is 2. The molecular weight excluding hydrogens is 569 g/mol. The Kier molecular flexibility index (Phi) is 7.21. The van der Waals surface area contributed by atoms with Gasteiger partial charge in [0.15, 0.2) is 11.4 Å². The molecule has 0 aromatic heterocycles. The van der Waals surface area contributed by atoms with Gasteiger partial charge < -0.3 is 31.5 Å². The lowest BCUT2D eigenvalue weighted by Crippen LogP contribution is -2.58. The number of amides is 1. The second-order valence-electron chi connectivity index (χ2n) is 12.0. The maximum Gasteiger partial charge on any atom is 0.417 e. The van der Waals surface area contributed by atoms with Crippen molar-refractivity contribution >= 4 is 23.2 Å². The number of hydrogen-bond acceptors (Lipinski definition) is 8. The van der Waals surface area contributed by atoms with Gasteiger partial charge in [0.1, 0.15) is 22.8 Å². The van der Waals surface area contributed by atoms with Gasteiger partial charge in [0, 0.05) is 36.4 Å². The summed E-state index contributed by atoms with van der Waals surface area (Å²) in [7, 11) is 0. The first-order valence-electron chi connectivity index (χ1n) is 13.7. The first-order valence-corrected chi connectivity index (χ1v) is 13.7. The van der Waals surface area contributed by atoms with Crippen LogP contribution in [0.2, 0.25) is 0 Å². The quantitative estimate of drug-likeness (QED) is 0.274. The molecule has 43 heavy (non-hydrogen) atoms. The van der Waals surface area contributed by atoms with Crippen molar-refractivity contribution in [1.82, 2.24) is 5.32 Å². The van der Waals surface area contributed by atoms with Crippen molar-refractivity contribution in [3.63, 3.8) is 0 Å². The van der Waals surface area contributed by atoms with Crippen molar-refractivity contribution in [3.8, 4) is 5.75 Å². The van der Waals surface area contributed by atoms with E-state index in [0.717, 1.165) is 11.6 Å². The Morgan fingerprint density at radius 1 is 1.09 bits per heavy atom. The molecule has 0 aliphatic heterocycles. The minimum atomic E-state index is -4.90. The Morgan fingerprint density at radius 2 is 1.74 bits per heavy atom. The van der Waals surface area contributed by atoms with Crippen molar-refractivity contribution in [3.05, 3.63) is 81.1 Å². The molecule has 0 spiro atoms. The van der Waals surface area contributed by atoms with Gasteiger partial charge in [0.2, 0.25) is 5.78 Å². The molecule has 5 rings (SSSR count). The van der Waals surface area contributed by atoms with E-state index in [1.165, 1.54) is 0 Å². The third-order valence-corrected chi connectivity index (χ3v) is 8.87. The van der Waals surface area contributed by atoms with Gasteiger partial charge in [-0.3, -0.25) is 14.4 Å². The van der Waals surface area contributed by atoms with Crippen LogP contribution in [0.4, 0.5) is 13.2 Å². The number of nitrogens with one attached hydrogen (secondary N) is 1. The number of aliphatic hydroxyl groups excluding tert-OH is 2. The summed E-state index contributed by atoms with van der Waals surface area (Å²) in [5.74, 6) is -8.85. The van der Waals surface area contributed by atoms with E-state index in [-0.39, 0.29) is 18.5 Å². The standard InChI is InChI=1S/C31H31F3N2O7/c1-29(2,16-6-4-3-5-7-16)13-36-12-15-10-19(37)22-18(24(15)31(32,33)34)9-14-8-17-11-20(38)23(28(35)42)27(41)30(17,43)26(40)21(14)25(22)39/h3-7,10,14,17,36-37,39,41,43H,8-9,11-13H2,1-2H3,(H2,35,42)/t14?,17-,30-/m0/s1. The van der Waals surface area contributed by atoms with E-state index in [4.69, 9.17) is 5.73 Å². The monoisotopic (exact) mass is 600 g/mol. The molecule has 9 nitrogen and oxygen atoms in total. The largest absolute Gasteiger partial charge is 0.508 e. The molecule has 0 radical (unpaired) electrons. The van der Waals surface area contributed by atoms with E-state index in [1.54, 1.807) is 0 Å². The fraction of sp³-hybridized carbons (Fsp3) is 0.387. The van der Waals surface area contributed by atoms with Gasteiger partial charge in [-0.1, -0.05) is 44.2 Å². The minimum absolute atomic E-state index is 0.262. The molecule has 1 saturated carbocycles. The number of halogens is 3. The predicted octanol–water partition coefficient (Wildman–Crippen LogP) is 3.51. The Balaban J connectivity index is 1.56. The highest BCUT2D eigenvalue weighted by atomic mass is 19.4. The number of phenolic OH excluding ortho intramolecular Hbond substituents is 1. The number of aromatic hydroxyl groups is 1. The maximum atomic E-state index is 14.6. The first-order chi connectivity index (χ1) is 20.0. The summed E-state index contributed by atoms with van der Waals surface area (Å²) in [4.78, 5) is 37.9. The van der Waals surface area contributed by atoms with Crippen LogP contribution in [-0.2, 0) is 38.9 Å². The third kappa shape index (κ3) is 4.78. The second-order valence-corrected chi connectivity index (χ2v) is 12.0. The first kappa shape index (κ1) is 30.3. The number of rotatable bonds is 6. The van der Waals surface area contributed by atoms with Gasteiger partial charge >= 0.3 is 6.18 Å². The lowest BCUT2D eigenvalue weighted by atomic mass is 9.59. The zero-order valence-corrected chi connectivity index (χ0v) is 23.4. The van der Waals surface area contributed by atoms with Gasteiger partial charge in [0.25, 0.3) is 5.91 Å². The summed E-state index contributed by atoms with van der Waals surface area (Å²) in [6.07, 6.45) is -6.19. The molecule has 1 fully saturated rings. The molecule has 1 unspecified atom stereocenters. The molecule has 3 aliphatic carbocycles. The molecule has 3 aliphatic rings. The van der Waals surface area contributed by atoms with Crippen LogP contribution < -0.4 is 11.1 Å². The van der Waals surface area contributed by atoms with E-state index in [0.29, 0.717) is 6.54 Å². The lowest BCUT2D eigenvalue weighted by Gasteiger charge is -2.46. The molecule has 3 atom stereocenters. The lowest BCUT2D eigenvalue weighted by molar-refractivity contribution is -0.147. The fourth-order valence-electron chi connectivity index (χ4n) is 6.75. The highest BCUT2D eigenvalue weighted by molar-refractivity contribution is 6.22. The molecule has 7 N–H and O–H groups in total. The summed E-state index contributed by atoms with van der Waals surface area (Å²) in [5, 5.41) is 47.0. The van der Waals surface area contributed by atoms with Crippen molar-refractivity contribution in [2.75, 3.05) is 6.54 Å². The SMILES string of the molecule is CC(C)(CNCc1cc(O)c2c(c1C(F)(F)F)CC1C[C@H]3CC(=O)C(C(N)=O)=C(O)[C@@]3(O)C(=O)C1=C2O)c1ccccc1. The number of primary amides is 1. The van der Waals surface area contributed by atoms with Crippen LogP contribution in [0.1, 0.15) is 54.5 Å². The minimum Gasteiger partial charge on any atom is -0.508 e. The van der Waals surface area contributed by atoms with Gasteiger partial charge in [-0.25, -0.2) is 0 Å². The van der Waals surface area contributed by atoms with Crippen molar-refractivity contribution in [2.45, 2.75) is 56.8 Å². The maximum absolute atomic E-state index is 14.6. The summed E-state index contributed by atoms with van der Waals surface area (Å²) in [5.41, 5.74) is -0.894. The van der Waals surface area contributed by atoms with Gasteiger partial charge in [0.05, 0.1) is 11.1 Å². The van der Waals surface area contributed by atoms with Crippen LogP contribution in [0.5, 0.6) is 5.75 Å². The van der Waals surface area contributed by atoms with Crippen LogP contribution in [0.3, 0.4) is 0 Å². The highest BCUT2D eigenvalue weighted by Gasteiger charge is 2.60. The predicted molar refractivity (Wildman–Crippen MR) is 148 cm³/mol. The summed E-state index contributed by atoms with van der Waals surface area (Å²) >= 11 is 0. The highest BCUT2D eigenvalue weighted by Crippen LogP contribution is 2.54. The normalized spacial score (nSPS) is 24.0. The molecule has 2 aromatic rings. The van der Waals surface area contributed by atoms with E-state index in [1.807, 2.05) is 44.2 Å². The summed E-state index contributed by atoms with van der Waals surface area (Å²) in [6, 6.07) is 10.3. The second kappa shape index (κ2) is 10.2. The molecule has 0 heterocycles. The molecule has 0 bridgehead atoms. The number of aliphatic hydroxyl groups is 3. The van der Waals surface area contributed by atoms with Crippen LogP contribution >= 0.6 is 0 Å². The van der Waals surface area contributed by atoms with Crippen LogP contribution in [0, 0.1) is 11.8 Å². The molecular formula is C31H31F3N2O7. The Hall–Kier alpha value is -4.16. The third-order valence-electron chi connectivity index (χ3n) is 8.87. The Labute approximate surface area is 244 Å². The van der Waals surface area contributed by atoms with E-state index >= 15 is 0 Å². The number of alkyl halides is 3. The van der Waals surface area contributed by atoms with Crippen LogP contribution in [0.25, 0.3) is 5.76 Å². The number of nitrogens with two attached hydrogens (primary N) is 1. The van der Waals surface area contributed by atoms with E-state index in [2.05, 4.69) is 5.32 Å². The number of Topliss-reactive ketones (excluding diaryl/α,β-unsaturated/α-hetero) is 2. The zero-order valence-electron chi connectivity index (χ0n) is 23.4. The van der Waals surface area contributed by atoms with Crippen LogP contribution in [-0.4, -0.2) is 50.0 Å². The topological polar surface area (TPSA) is 170 Å². The van der Waals surface area contributed by atoms with Gasteiger partial charge in [-0.05, 0) is 41.5 Å². The molecule has 0 saturated heterocycles. The molecule has 2 aromatic carbocycles. The van der Waals surface area contributed by atoms with E-state index < -0.39 is 104 Å². The number of carbonyl (C=O) groups excluding carboxylic acids is 3. The number of carbonyl (C=O) groups is 3. The molecule has 1 amide bonds. The van der Waals surface area contributed by atoms with E-state index in [9.17, 15) is 48.0 Å². The zero-order chi connectivity index (χ0) is 31.6. The van der Waals surface area contributed by atoms with Gasteiger partial charge in [-0.2, -0.15) is 13.2 Å². The average molecular weight is 601 g/mol. The average Bonchev–Trinajstić information content (AvgIpc) is 2.90. The number of phenols is 1. The number of benzene rings is 2. The van der Waals surface area contributed by atoms with Crippen molar-refractivity contribution < 1.29 is 48.0 Å². The van der Waals surface area contributed by atoms with Crippen molar-refractivity contribution in [2.24, 2.45) is 17.6 Å². The number of fused-ring (bicyclic) bond motifs is 3. The molecule has 228 valence electrons. The van der Waals surface area contributed by atoms with Crippen molar-refractivity contribution in [1.29, 1.82) is 0 Å².